The molecule has 0 radical (unpaired) electrons. The van der Waals surface area contributed by atoms with Crippen LogP contribution < -0.4 is 15.5 Å². The van der Waals surface area contributed by atoms with E-state index in [-0.39, 0.29) is 5.95 Å². The summed E-state index contributed by atoms with van der Waals surface area (Å²) in [6, 6.07) is 0.351. The van der Waals surface area contributed by atoms with E-state index in [2.05, 4.69) is 45.5 Å². The molecule has 0 amide bonds. The Morgan fingerprint density at radius 1 is 1.19 bits per heavy atom. The Morgan fingerprint density at radius 3 is 2.48 bits per heavy atom. The molecule has 21 heavy (non-hydrogen) atoms. The molecule has 2 rings (SSSR count). The number of aromatic nitrogens is 3. The van der Waals surface area contributed by atoms with E-state index in [4.69, 9.17) is 10.5 Å². The standard InChI is InChI=1S/C14H26N6O/c1-10(2)9-11(3)19(4)13-16-12(15)17-14(18-13)20-5-7-21-8-6-20/h10-11H,5-9H2,1-4H3,(H2,15,16,17,18). The lowest BCUT2D eigenvalue weighted by atomic mass is 10.0. The fourth-order valence-corrected chi connectivity index (χ4v) is 2.47. The highest BCUT2D eigenvalue weighted by molar-refractivity contribution is 5.43. The molecule has 7 heteroatoms. The van der Waals surface area contributed by atoms with Gasteiger partial charge in [0.15, 0.2) is 0 Å². The quantitative estimate of drug-likeness (QED) is 0.872. The van der Waals surface area contributed by atoms with Crippen molar-refractivity contribution in [2.24, 2.45) is 5.92 Å². The van der Waals surface area contributed by atoms with Crippen LogP contribution in [0.1, 0.15) is 27.2 Å². The average Bonchev–Trinajstić information content (AvgIpc) is 2.46. The third kappa shape index (κ3) is 4.17. The molecule has 0 spiro atoms. The molecule has 2 N–H and O–H groups in total. The van der Waals surface area contributed by atoms with Crippen molar-refractivity contribution in [2.75, 3.05) is 48.9 Å². The topological polar surface area (TPSA) is 80.4 Å². The summed E-state index contributed by atoms with van der Waals surface area (Å²) in [5.41, 5.74) is 5.86. The van der Waals surface area contributed by atoms with E-state index in [0.29, 0.717) is 37.1 Å². The summed E-state index contributed by atoms with van der Waals surface area (Å²) in [6.07, 6.45) is 1.08. The maximum Gasteiger partial charge on any atom is 0.232 e. The summed E-state index contributed by atoms with van der Waals surface area (Å²) >= 11 is 0. The van der Waals surface area contributed by atoms with Crippen molar-refractivity contribution in [1.29, 1.82) is 0 Å². The predicted octanol–water partition coefficient (Wildman–Crippen LogP) is 1.16. The minimum Gasteiger partial charge on any atom is -0.378 e. The van der Waals surface area contributed by atoms with E-state index >= 15 is 0 Å². The lowest BCUT2D eigenvalue weighted by molar-refractivity contribution is 0.122. The number of morpholine rings is 1. The number of nitrogens with two attached hydrogens (primary N) is 1. The third-order valence-electron chi connectivity index (χ3n) is 3.71. The average molecular weight is 294 g/mol. The van der Waals surface area contributed by atoms with Crippen LogP contribution in [0.3, 0.4) is 0 Å². The Kier molecular flexibility index (Phi) is 5.17. The molecular formula is C14H26N6O. The van der Waals surface area contributed by atoms with Gasteiger partial charge in [-0.2, -0.15) is 15.0 Å². The van der Waals surface area contributed by atoms with Gasteiger partial charge in [0, 0.05) is 26.2 Å². The largest absolute Gasteiger partial charge is 0.378 e. The summed E-state index contributed by atoms with van der Waals surface area (Å²) < 4.78 is 5.36. The molecule has 1 aliphatic heterocycles. The van der Waals surface area contributed by atoms with Gasteiger partial charge in [-0.15, -0.1) is 0 Å². The Hall–Kier alpha value is -1.63. The van der Waals surface area contributed by atoms with Gasteiger partial charge in [-0.3, -0.25) is 0 Å². The van der Waals surface area contributed by atoms with Crippen molar-refractivity contribution in [3.05, 3.63) is 0 Å². The second kappa shape index (κ2) is 6.89. The van der Waals surface area contributed by atoms with Crippen LogP contribution in [0.4, 0.5) is 17.8 Å². The van der Waals surface area contributed by atoms with E-state index in [1.54, 1.807) is 0 Å². The zero-order valence-corrected chi connectivity index (χ0v) is 13.4. The lowest BCUT2D eigenvalue weighted by Crippen LogP contribution is -2.38. The number of rotatable bonds is 5. The van der Waals surface area contributed by atoms with Gasteiger partial charge >= 0.3 is 0 Å². The van der Waals surface area contributed by atoms with Crippen LogP contribution in [0.5, 0.6) is 0 Å². The molecule has 0 saturated carbocycles. The van der Waals surface area contributed by atoms with E-state index < -0.39 is 0 Å². The van der Waals surface area contributed by atoms with Crippen LogP contribution in [-0.2, 0) is 4.74 Å². The molecule has 1 aromatic heterocycles. The van der Waals surface area contributed by atoms with Crippen molar-refractivity contribution in [3.8, 4) is 0 Å². The summed E-state index contributed by atoms with van der Waals surface area (Å²) in [6.45, 7) is 9.56. The van der Waals surface area contributed by atoms with Crippen molar-refractivity contribution in [1.82, 2.24) is 15.0 Å². The number of ether oxygens (including phenoxy) is 1. The molecular weight excluding hydrogens is 268 g/mol. The minimum absolute atomic E-state index is 0.269. The van der Waals surface area contributed by atoms with Crippen LogP contribution in [0.25, 0.3) is 0 Å². The van der Waals surface area contributed by atoms with Gasteiger partial charge in [0.25, 0.3) is 0 Å². The zero-order chi connectivity index (χ0) is 15.4. The van der Waals surface area contributed by atoms with E-state index in [9.17, 15) is 0 Å². The fourth-order valence-electron chi connectivity index (χ4n) is 2.47. The number of nitrogen functional groups attached to an aromatic ring is 1. The monoisotopic (exact) mass is 294 g/mol. The lowest BCUT2D eigenvalue weighted by Gasteiger charge is -2.29. The van der Waals surface area contributed by atoms with Gasteiger partial charge in [-0.05, 0) is 19.3 Å². The zero-order valence-electron chi connectivity index (χ0n) is 13.4. The van der Waals surface area contributed by atoms with E-state index in [1.165, 1.54) is 0 Å². The van der Waals surface area contributed by atoms with Crippen molar-refractivity contribution in [2.45, 2.75) is 33.2 Å². The normalized spacial score (nSPS) is 17.1. The van der Waals surface area contributed by atoms with Crippen LogP contribution >= 0.6 is 0 Å². The second-order valence-electron chi connectivity index (χ2n) is 5.98. The Bertz CT molecular complexity index is 461. The van der Waals surface area contributed by atoms with Gasteiger partial charge in [-0.1, -0.05) is 13.8 Å². The predicted molar refractivity (Wildman–Crippen MR) is 84.6 cm³/mol. The molecule has 1 unspecified atom stereocenters. The van der Waals surface area contributed by atoms with E-state index in [0.717, 1.165) is 19.5 Å². The Balaban J connectivity index is 2.17. The first-order chi connectivity index (χ1) is 9.97. The van der Waals surface area contributed by atoms with Crippen molar-refractivity contribution < 1.29 is 4.74 Å². The molecule has 1 fully saturated rings. The van der Waals surface area contributed by atoms with Gasteiger partial charge < -0.3 is 20.3 Å². The molecule has 1 saturated heterocycles. The molecule has 1 aromatic rings. The number of nitrogens with zero attached hydrogens (tertiary/aromatic N) is 5. The minimum atomic E-state index is 0.269. The SMILES string of the molecule is CC(C)CC(C)N(C)c1nc(N)nc(N2CCOCC2)n1. The maximum absolute atomic E-state index is 5.86. The number of hydrogen-bond donors (Lipinski definition) is 1. The van der Waals surface area contributed by atoms with Gasteiger partial charge in [0.1, 0.15) is 0 Å². The Labute approximate surface area is 126 Å². The molecule has 0 aliphatic carbocycles. The van der Waals surface area contributed by atoms with Gasteiger partial charge in [0.05, 0.1) is 13.2 Å². The molecule has 1 atom stereocenters. The summed E-state index contributed by atoms with van der Waals surface area (Å²) in [7, 11) is 2.00. The highest BCUT2D eigenvalue weighted by Crippen LogP contribution is 2.19. The van der Waals surface area contributed by atoms with E-state index in [1.807, 2.05) is 7.05 Å². The van der Waals surface area contributed by atoms with Crippen molar-refractivity contribution >= 4 is 17.8 Å². The molecule has 1 aliphatic rings. The first-order valence-corrected chi connectivity index (χ1v) is 7.54. The molecule has 7 nitrogen and oxygen atoms in total. The van der Waals surface area contributed by atoms with Crippen LogP contribution in [0.2, 0.25) is 0 Å². The molecule has 118 valence electrons. The Morgan fingerprint density at radius 2 is 1.86 bits per heavy atom. The molecule has 2 heterocycles. The summed E-state index contributed by atoms with van der Waals surface area (Å²) in [5.74, 6) is 2.17. The fraction of sp³-hybridized carbons (Fsp3) is 0.786. The molecule has 0 bridgehead atoms. The van der Waals surface area contributed by atoms with Crippen LogP contribution in [0.15, 0.2) is 0 Å². The molecule has 0 aromatic carbocycles. The summed E-state index contributed by atoms with van der Waals surface area (Å²) in [4.78, 5) is 17.3. The van der Waals surface area contributed by atoms with Gasteiger partial charge in [0.2, 0.25) is 17.8 Å². The van der Waals surface area contributed by atoms with Crippen LogP contribution in [0, 0.1) is 5.92 Å². The first-order valence-electron chi connectivity index (χ1n) is 7.54. The van der Waals surface area contributed by atoms with Crippen LogP contribution in [-0.4, -0.2) is 54.3 Å². The van der Waals surface area contributed by atoms with Crippen molar-refractivity contribution in [3.63, 3.8) is 0 Å². The highest BCUT2D eigenvalue weighted by Gasteiger charge is 2.19. The van der Waals surface area contributed by atoms with Gasteiger partial charge in [-0.25, -0.2) is 0 Å². The maximum atomic E-state index is 5.86. The second-order valence-corrected chi connectivity index (χ2v) is 5.98. The highest BCUT2D eigenvalue weighted by atomic mass is 16.5. The third-order valence-corrected chi connectivity index (χ3v) is 3.71. The first kappa shape index (κ1) is 15.8. The number of hydrogen-bond acceptors (Lipinski definition) is 7. The number of anilines is 3. The smallest absolute Gasteiger partial charge is 0.232 e. The summed E-state index contributed by atoms with van der Waals surface area (Å²) in [5, 5.41) is 0.